The first-order chi connectivity index (χ1) is 6.14. The Morgan fingerprint density at radius 2 is 2.31 bits per heavy atom. The quantitative estimate of drug-likeness (QED) is 0.662. The summed E-state index contributed by atoms with van der Waals surface area (Å²) in [5.41, 5.74) is -0.610. The van der Waals surface area contributed by atoms with Crippen molar-refractivity contribution in [3.05, 3.63) is 24.3 Å². The molecule has 1 aliphatic rings. The van der Waals surface area contributed by atoms with Crippen molar-refractivity contribution in [3.8, 4) is 0 Å². The minimum Gasteiger partial charge on any atom is -0.386 e. The molecular weight excluding hydrogens is 160 g/mol. The lowest BCUT2D eigenvalue weighted by Crippen LogP contribution is -2.19. The first-order valence-corrected chi connectivity index (χ1v) is 5.21. The molecule has 74 valence electrons. The van der Waals surface area contributed by atoms with Crippen LogP contribution < -0.4 is 0 Å². The van der Waals surface area contributed by atoms with Crippen LogP contribution in [0.2, 0.25) is 0 Å². The maximum atomic E-state index is 9.75. The van der Waals surface area contributed by atoms with Gasteiger partial charge in [0.05, 0.1) is 5.60 Å². The van der Waals surface area contributed by atoms with Gasteiger partial charge in [-0.25, -0.2) is 0 Å². The van der Waals surface area contributed by atoms with Gasteiger partial charge < -0.3 is 5.11 Å². The number of allylic oxidation sites excluding steroid dienone is 3. The van der Waals surface area contributed by atoms with Gasteiger partial charge in [0.2, 0.25) is 0 Å². The Morgan fingerprint density at radius 3 is 2.85 bits per heavy atom. The van der Waals surface area contributed by atoms with E-state index >= 15 is 0 Å². The van der Waals surface area contributed by atoms with Crippen molar-refractivity contribution in [1.29, 1.82) is 0 Å². The summed E-state index contributed by atoms with van der Waals surface area (Å²) in [6.45, 7) is 3.87. The van der Waals surface area contributed by atoms with Crippen LogP contribution in [0, 0.1) is 5.92 Å². The third kappa shape index (κ3) is 3.77. The van der Waals surface area contributed by atoms with E-state index in [0.717, 1.165) is 12.8 Å². The molecule has 13 heavy (non-hydrogen) atoms. The van der Waals surface area contributed by atoms with Gasteiger partial charge in [-0.05, 0) is 38.5 Å². The summed E-state index contributed by atoms with van der Waals surface area (Å²) < 4.78 is 0. The Morgan fingerprint density at radius 1 is 1.54 bits per heavy atom. The minimum absolute atomic E-state index is 0.610. The Kier molecular flexibility index (Phi) is 3.73. The minimum atomic E-state index is -0.610. The molecule has 0 radical (unpaired) electrons. The van der Waals surface area contributed by atoms with Crippen LogP contribution in [0.15, 0.2) is 24.3 Å². The van der Waals surface area contributed by atoms with Crippen molar-refractivity contribution in [2.24, 2.45) is 5.92 Å². The van der Waals surface area contributed by atoms with Crippen molar-refractivity contribution in [1.82, 2.24) is 0 Å². The molecule has 1 N–H and O–H groups in total. The van der Waals surface area contributed by atoms with Gasteiger partial charge in [0.25, 0.3) is 0 Å². The molecule has 0 saturated carbocycles. The molecular formula is C12H20O. The van der Waals surface area contributed by atoms with Gasteiger partial charge in [-0.2, -0.15) is 0 Å². The molecule has 1 aliphatic carbocycles. The molecule has 0 bridgehead atoms. The maximum Gasteiger partial charge on any atom is 0.0797 e. The Balaban J connectivity index is 2.42. The summed E-state index contributed by atoms with van der Waals surface area (Å²) in [5, 5.41) is 9.75. The Hall–Kier alpha value is -0.560. The highest BCUT2D eigenvalue weighted by Crippen LogP contribution is 2.21. The van der Waals surface area contributed by atoms with Gasteiger partial charge in [0, 0.05) is 0 Å². The molecule has 1 rings (SSSR count). The second-order valence-electron chi connectivity index (χ2n) is 4.11. The van der Waals surface area contributed by atoms with Gasteiger partial charge in [-0.3, -0.25) is 0 Å². The highest BCUT2D eigenvalue weighted by atomic mass is 16.3. The average molecular weight is 180 g/mol. The van der Waals surface area contributed by atoms with Crippen LogP contribution in [-0.2, 0) is 0 Å². The number of hydrogen-bond acceptors (Lipinski definition) is 1. The summed E-state index contributed by atoms with van der Waals surface area (Å²) in [4.78, 5) is 0. The van der Waals surface area contributed by atoms with Crippen LogP contribution in [-0.4, -0.2) is 10.7 Å². The third-order valence-electron chi connectivity index (χ3n) is 2.75. The topological polar surface area (TPSA) is 20.2 Å². The van der Waals surface area contributed by atoms with E-state index in [1.54, 1.807) is 0 Å². The lowest BCUT2D eigenvalue weighted by atomic mass is 9.92. The fourth-order valence-electron chi connectivity index (χ4n) is 1.45. The molecule has 0 aromatic heterocycles. The summed E-state index contributed by atoms with van der Waals surface area (Å²) in [6, 6.07) is 0. The maximum absolute atomic E-state index is 9.75. The zero-order chi connectivity index (χ0) is 9.73. The second kappa shape index (κ2) is 4.61. The standard InChI is InChI=1S/C12H20O/c1-3-12(2,13)10-9-11-7-5-4-6-8-11/h4-5,9-11,13H,3,6-8H2,1-2H3. The van der Waals surface area contributed by atoms with Gasteiger partial charge in [0.15, 0.2) is 0 Å². The fraction of sp³-hybridized carbons (Fsp3) is 0.667. The van der Waals surface area contributed by atoms with E-state index in [9.17, 15) is 5.11 Å². The highest BCUT2D eigenvalue weighted by Gasteiger charge is 2.13. The molecule has 1 heteroatoms. The van der Waals surface area contributed by atoms with Crippen LogP contribution in [0.4, 0.5) is 0 Å². The molecule has 0 fully saturated rings. The fourth-order valence-corrected chi connectivity index (χ4v) is 1.45. The van der Waals surface area contributed by atoms with E-state index in [-0.39, 0.29) is 0 Å². The van der Waals surface area contributed by atoms with Crippen molar-refractivity contribution < 1.29 is 5.11 Å². The van der Waals surface area contributed by atoms with Gasteiger partial charge in [-0.15, -0.1) is 0 Å². The SMILES string of the molecule is CCC(C)(O)C=CC1CC=CCC1. The molecule has 2 atom stereocenters. The average Bonchev–Trinajstić information content (AvgIpc) is 2.17. The number of aliphatic hydroxyl groups is 1. The Labute approximate surface area is 81.2 Å². The molecule has 0 aromatic rings. The number of rotatable bonds is 3. The van der Waals surface area contributed by atoms with Gasteiger partial charge >= 0.3 is 0 Å². The molecule has 0 amide bonds. The molecule has 0 spiro atoms. The Bertz CT molecular complexity index is 201. The predicted octanol–water partition coefficient (Wildman–Crippen LogP) is 3.06. The van der Waals surface area contributed by atoms with Crippen LogP contribution >= 0.6 is 0 Å². The van der Waals surface area contributed by atoms with Crippen LogP contribution in [0.1, 0.15) is 39.5 Å². The summed E-state index contributed by atoms with van der Waals surface area (Å²) in [5.74, 6) is 0.642. The van der Waals surface area contributed by atoms with Gasteiger partial charge in [-0.1, -0.05) is 31.2 Å². The molecule has 1 nitrogen and oxygen atoms in total. The second-order valence-corrected chi connectivity index (χ2v) is 4.11. The van der Waals surface area contributed by atoms with Crippen molar-refractivity contribution >= 4 is 0 Å². The normalized spacial score (nSPS) is 27.8. The zero-order valence-electron chi connectivity index (χ0n) is 8.66. The molecule has 0 aliphatic heterocycles. The van der Waals surface area contributed by atoms with E-state index in [0.29, 0.717) is 5.92 Å². The van der Waals surface area contributed by atoms with Crippen molar-refractivity contribution in [3.63, 3.8) is 0 Å². The lowest BCUT2D eigenvalue weighted by molar-refractivity contribution is 0.107. The van der Waals surface area contributed by atoms with E-state index in [4.69, 9.17) is 0 Å². The van der Waals surface area contributed by atoms with E-state index < -0.39 is 5.60 Å². The van der Waals surface area contributed by atoms with E-state index in [2.05, 4.69) is 18.2 Å². The van der Waals surface area contributed by atoms with Gasteiger partial charge in [0.1, 0.15) is 0 Å². The molecule has 0 heterocycles. The zero-order valence-corrected chi connectivity index (χ0v) is 8.66. The van der Waals surface area contributed by atoms with E-state index in [1.165, 1.54) is 12.8 Å². The van der Waals surface area contributed by atoms with E-state index in [1.807, 2.05) is 19.9 Å². The van der Waals surface area contributed by atoms with Crippen LogP contribution in [0.25, 0.3) is 0 Å². The summed E-state index contributed by atoms with van der Waals surface area (Å²) >= 11 is 0. The van der Waals surface area contributed by atoms with Crippen molar-refractivity contribution in [2.75, 3.05) is 0 Å². The lowest BCUT2D eigenvalue weighted by Gasteiger charge is -2.18. The largest absolute Gasteiger partial charge is 0.386 e. The monoisotopic (exact) mass is 180 g/mol. The van der Waals surface area contributed by atoms with Crippen LogP contribution in [0.5, 0.6) is 0 Å². The first kappa shape index (κ1) is 10.5. The van der Waals surface area contributed by atoms with Crippen molar-refractivity contribution in [2.45, 2.75) is 45.1 Å². The summed E-state index contributed by atoms with van der Waals surface area (Å²) in [7, 11) is 0. The third-order valence-corrected chi connectivity index (χ3v) is 2.75. The molecule has 0 saturated heterocycles. The predicted molar refractivity (Wildman–Crippen MR) is 56.5 cm³/mol. The highest BCUT2D eigenvalue weighted by molar-refractivity contribution is 5.04. The van der Waals surface area contributed by atoms with Crippen LogP contribution in [0.3, 0.4) is 0 Å². The molecule has 0 aromatic carbocycles. The summed E-state index contributed by atoms with van der Waals surface area (Å²) in [6.07, 6.45) is 12.9. The number of hydrogen-bond donors (Lipinski definition) is 1. The smallest absolute Gasteiger partial charge is 0.0797 e. The first-order valence-electron chi connectivity index (χ1n) is 5.21. The molecule has 2 unspecified atom stereocenters.